The van der Waals surface area contributed by atoms with Crippen LogP contribution in [0.2, 0.25) is 10.0 Å². The van der Waals surface area contributed by atoms with Gasteiger partial charge in [0.25, 0.3) is 5.91 Å². The van der Waals surface area contributed by atoms with E-state index >= 15 is 0 Å². The van der Waals surface area contributed by atoms with Gasteiger partial charge in [0.1, 0.15) is 0 Å². The van der Waals surface area contributed by atoms with Crippen molar-refractivity contribution < 1.29 is 9.59 Å². The molecule has 35 heavy (non-hydrogen) atoms. The highest BCUT2D eigenvalue weighted by Gasteiger charge is 2.33. The number of carbonyl (C=O) groups excluding carboxylic acids is 2. The van der Waals surface area contributed by atoms with Crippen LogP contribution in [0.3, 0.4) is 0 Å². The van der Waals surface area contributed by atoms with Crippen LogP contribution >= 0.6 is 34.5 Å². The van der Waals surface area contributed by atoms with Crippen molar-refractivity contribution in [2.24, 2.45) is 0 Å². The molecule has 1 atom stereocenters. The van der Waals surface area contributed by atoms with Crippen molar-refractivity contribution in [2.45, 2.75) is 19.4 Å². The monoisotopic (exact) mass is 527 g/mol. The van der Waals surface area contributed by atoms with Gasteiger partial charge in [0, 0.05) is 42.6 Å². The Morgan fingerprint density at radius 1 is 0.943 bits per heavy atom. The van der Waals surface area contributed by atoms with Crippen molar-refractivity contribution in [3.63, 3.8) is 0 Å². The van der Waals surface area contributed by atoms with Crippen LogP contribution in [0.15, 0.2) is 53.9 Å². The highest BCUT2D eigenvalue weighted by molar-refractivity contribution is 7.10. The Morgan fingerprint density at radius 3 is 2.43 bits per heavy atom. The van der Waals surface area contributed by atoms with Crippen LogP contribution in [-0.4, -0.2) is 65.8 Å². The van der Waals surface area contributed by atoms with Gasteiger partial charge in [-0.1, -0.05) is 47.5 Å². The molecule has 1 fully saturated rings. The number of aryl methyl sites for hydroxylation is 1. The first-order valence-corrected chi connectivity index (χ1v) is 13.4. The average molecular weight is 529 g/mol. The summed E-state index contributed by atoms with van der Waals surface area (Å²) in [4.78, 5) is 33.7. The Labute approximate surface area is 219 Å². The van der Waals surface area contributed by atoms with Crippen LogP contribution in [0, 0.1) is 6.92 Å². The fourth-order valence-electron chi connectivity index (χ4n) is 5.06. The van der Waals surface area contributed by atoms with E-state index in [4.69, 9.17) is 23.2 Å². The van der Waals surface area contributed by atoms with Crippen molar-refractivity contribution >= 4 is 46.4 Å². The molecule has 0 radical (unpaired) electrons. The molecular weight excluding hydrogens is 501 g/mol. The number of nitrogens with zero attached hydrogens (tertiary/aromatic N) is 3. The second-order valence-electron chi connectivity index (χ2n) is 9.08. The summed E-state index contributed by atoms with van der Waals surface area (Å²) in [5, 5.41) is 3.00. The molecule has 0 bridgehead atoms. The summed E-state index contributed by atoms with van der Waals surface area (Å²) in [7, 11) is 0. The zero-order valence-electron chi connectivity index (χ0n) is 19.5. The van der Waals surface area contributed by atoms with Gasteiger partial charge in [-0.15, -0.1) is 11.3 Å². The van der Waals surface area contributed by atoms with Crippen LogP contribution in [0.4, 0.5) is 0 Å². The molecule has 0 spiro atoms. The standard InChI is InChI=1S/C27H27Cl2N3O2S/c1-18-4-2-3-5-20(18)26-22-9-15-35-24(22)8-10-32(26)17-25(33)30-11-13-31(14-12-30)27(34)21-7-6-19(28)16-23(21)29/h2-7,9,15-16,26H,8,10-14,17H2,1H3/t26-/m1/s1. The number of piperazine rings is 1. The smallest absolute Gasteiger partial charge is 0.255 e. The van der Waals surface area contributed by atoms with Crippen LogP contribution in [0.1, 0.15) is 38.0 Å². The van der Waals surface area contributed by atoms with Crippen LogP contribution in [-0.2, 0) is 11.2 Å². The number of amides is 2. The van der Waals surface area contributed by atoms with Gasteiger partial charge in [0.15, 0.2) is 0 Å². The molecule has 0 saturated carbocycles. The molecule has 8 heteroatoms. The van der Waals surface area contributed by atoms with Crippen LogP contribution < -0.4 is 0 Å². The second kappa shape index (κ2) is 10.3. The third-order valence-corrected chi connectivity index (χ3v) is 8.51. The molecule has 0 aliphatic carbocycles. The number of halogens is 2. The molecule has 3 heterocycles. The quantitative estimate of drug-likeness (QED) is 0.462. The van der Waals surface area contributed by atoms with E-state index in [1.54, 1.807) is 34.4 Å². The molecule has 0 N–H and O–H groups in total. The Hall–Kier alpha value is -2.38. The summed E-state index contributed by atoms with van der Waals surface area (Å²) in [6.07, 6.45) is 0.965. The summed E-state index contributed by atoms with van der Waals surface area (Å²) >= 11 is 14.0. The fraction of sp³-hybridized carbons (Fsp3) is 0.333. The fourth-order valence-corrected chi connectivity index (χ4v) is 6.46. The van der Waals surface area contributed by atoms with E-state index in [9.17, 15) is 9.59 Å². The maximum Gasteiger partial charge on any atom is 0.255 e. The third kappa shape index (κ3) is 4.98. The number of hydrogen-bond acceptors (Lipinski definition) is 4. The van der Waals surface area contributed by atoms with Gasteiger partial charge in [-0.2, -0.15) is 0 Å². The van der Waals surface area contributed by atoms with Crippen molar-refractivity contribution in [1.29, 1.82) is 0 Å². The van der Waals surface area contributed by atoms with Gasteiger partial charge in [-0.25, -0.2) is 0 Å². The van der Waals surface area contributed by atoms with E-state index in [1.807, 2.05) is 4.90 Å². The average Bonchev–Trinajstić information content (AvgIpc) is 3.33. The van der Waals surface area contributed by atoms with Gasteiger partial charge >= 0.3 is 0 Å². The van der Waals surface area contributed by atoms with E-state index in [0.717, 1.165) is 13.0 Å². The van der Waals surface area contributed by atoms with Crippen LogP contribution in [0.25, 0.3) is 0 Å². The normalized spacial score (nSPS) is 18.4. The molecular formula is C27H27Cl2N3O2S. The predicted molar refractivity (Wildman–Crippen MR) is 142 cm³/mol. The summed E-state index contributed by atoms with van der Waals surface area (Å²) in [5.41, 5.74) is 4.26. The van der Waals surface area contributed by atoms with Crippen molar-refractivity contribution in [3.05, 3.63) is 91.1 Å². The molecule has 2 aromatic carbocycles. The Morgan fingerprint density at radius 2 is 1.69 bits per heavy atom. The Bertz CT molecular complexity index is 1250. The minimum Gasteiger partial charge on any atom is -0.338 e. The summed E-state index contributed by atoms with van der Waals surface area (Å²) in [6, 6.07) is 15.7. The highest BCUT2D eigenvalue weighted by atomic mass is 35.5. The van der Waals surface area contributed by atoms with Gasteiger partial charge in [0.2, 0.25) is 5.91 Å². The molecule has 2 aliphatic heterocycles. The SMILES string of the molecule is Cc1ccccc1[C@@H]1c2ccsc2CCN1CC(=O)N1CCN(C(=O)c2ccc(Cl)cc2Cl)CC1. The number of rotatable bonds is 4. The number of benzene rings is 2. The number of fused-ring (bicyclic) bond motifs is 1. The molecule has 3 aromatic rings. The summed E-state index contributed by atoms with van der Waals surface area (Å²) in [5.74, 6) is -0.0155. The minimum atomic E-state index is -0.126. The van der Waals surface area contributed by atoms with E-state index in [-0.39, 0.29) is 17.9 Å². The Balaban J connectivity index is 1.26. The minimum absolute atomic E-state index is 0.0880. The van der Waals surface area contributed by atoms with Crippen molar-refractivity contribution in [2.75, 3.05) is 39.3 Å². The lowest BCUT2D eigenvalue weighted by atomic mass is 9.90. The molecule has 2 amide bonds. The van der Waals surface area contributed by atoms with Gasteiger partial charge in [0.05, 0.1) is 23.2 Å². The lowest BCUT2D eigenvalue weighted by Gasteiger charge is -2.39. The zero-order valence-corrected chi connectivity index (χ0v) is 21.9. The summed E-state index contributed by atoms with van der Waals surface area (Å²) < 4.78 is 0. The van der Waals surface area contributed by atoms with E-state index in [0.29, 0.717) is 48.3 Å². The van der Waals surface area contributed by atoms with Crippen LogP contribution in [0.5, 0.6) is 0 Å². The molecule has 1 saturated heterocycles. The summed E-state index contributed by atoms with van der Waals surface area (Å²) in [6.45, 7) is 5.36. The molecule has 0 unspecified atom stereocenters. The first-order chi connectivity index (χ1) is 16.9. The van der Waals surface area contributed by atoms with Crippen molar-refractivity contribution in [3.8, 4) is 0 Å². The van der Waals surface area contributed by atoms with E-state index in [1.165, 1.54) is 21.6 Å². The molecule has 1 aromatic heterocycles. The largest absolute Gasteiger partial charge is 0.338 e. The molecule has 2 aliphatic rings. The third-order valence-electron chi connectivity index (χ3n) is 6.97. The first-order valence-electron chi connectivity index (χ1n) is 11.8. The zero-order chi connectivity index (χ0) is 24.5. The molecule has 5 nitrogen and oxygen atoms in total. The molecule has 182 valence electrons. The van der Waals surface area contributed by atoms with E-state index < -0.39 is 0 Å². The molecule has 5 rings (SSSR count). The highest BCUT2D eigenvalue weighted by Crippen LogP contribution is 2.38. The second-order valence-corrected chi connectivity index (χ2v) is 10.9. The lowest BCUT2D eigenvalue weighted by Crippen LogP contribution is -2.53. The first kappa shape index (κ1) is 24.3. The van der Waals surface area contributed by atoms with Gasteiger partial charge in [-0.05, 0) is 59.7 Å². The number of thiophene rings is 1. The van der Waals surface area contributed by atoms with Gasteiger partial charge < -0.3 is 9.80 Å². The maximum atomic E-state index is 13.4. The van der Waals surface area contributed by atoms with E-state index in [2.05, 4.69) is 47.5 Å². The number of hydrogen-bond donors (Lipinski definition) is 0. The Kier molecular flexibility index (Phi) is 7.17. The predicted octanol–water partition coefficient (Wildman–Crippen LogP) is 5.30. The topological polar surface area (TPSA) is 43.9 Å². The number of carbonyl (C=O) groups is 2. The van der Waals surface area contributed by atoms with Crippen molar-refractivity contribution in [1.82, 2.24) is 14.7 Å². The lowest BCUT2D eigenvalue weighted by molar-refractivity contribution is -0.134. The maximum absolute atomic E-state index is 13.4. The van der Waals surface area contributed by atoms with Gasteiger partial charge in [-0.3, -0.25) is 14.5 Å².